The van der Waals surface area contributed by atoms with Crippen molar-refractivity contribution in [1.82, 2.24) is 20.2 Å². The van der Waals surface area contributed by atoms with Crippen LogP contribution in [0.2, 0.25) is 0 Å². The van der Waals surface area contributed by atoms with E-state index in [0.717, 1.165) is 37.3 Å². The minimum atomic E-state index is -0.252. The maximum Gasteiger partial charge on any atom is 0.318 e. The fraction of sp³-hybridized carbons (Fsp3) is 0.450. The molecule has 0 spiro atoms. The maximum absolute atomic E-state index is 13.3. The standard InChI is InChI=1S/C20H24FN5O/c21-17-6-4-16(5-7-17)19(15-2-1-3-15)24-20(27)26-12-10-25(11-13-26)18-14-22-8-9-23-18/h4-9,14-15,19H,1-3,10-13H2,(H,24,27). The lowest BCUT2D eigenvalue weighted by molar-refractivity contribution is 0.172. The van der Waals surface area contributed by atoms with Gasteiger partial charge in [0.15, 0.2) is 0 Å². The zero-order valence-electron chi connectivity index (χ0n) is 15.2. The van der Waals surface area contributed by atoms with Gasteiger partial charge in [0, 0.05) is 38.6 Å². The molecule has 2 amide bonds. The van der Waals surface area contributed by atoms with Gasteiger partial charge in [-0.15, -0.1) is 0 Å². The van der Waals surface area contributed by atoms with Gasteiger partial charge in [-0.3, -0.25) is 4.98 Å². The third kappa shape index (κ3) is 4.02. The molecule has 1 saturated carbocycles. The summed E-state index contributed by atoms with van der Waals surface area (Å²) in [6.07, 6.45) is 8.47. The normalized spacial score (nSPS) is 18.7. The Morgan fingerprint density at radius 2 is 1.85 bits per heavy atom. The number of nitrogens with one attached hydrogen (secondary N) is 1. The molecule has 1 aliphatic heterocycles. The van der Waals surface area contributed by atoms with E-state index in [0.29, 0.717) is 19.0 Å². The minimum absolute atomic E-state index is 0.0463. The van der Waals surface area contributed by atoms with Crippen LogP contribution in [0.5, 0.6) is 0 Å². The Bertz CT molecular complexity index is 758. The molecule has 6 nitrogen and oxygen atoms in total. The van der Waals surface area contributed by atoms with Crippen LogP contribution in [0.3, 0.4) is 0 Å². The molecule has 1 aromatic heterocycles. The summed E-state index contributed by atoms with van der Waals surface area (Å²) >= 11 is 0. The summed E-state index contributed by atoms with van der Waals surface area (Å²) in [4.78, 5) is 25.2. The number of halogens is 1. The van der Waals surface area contributed by atoms with Gasteiger partial charge in [-0.05, 0) is 36.5 Å². The Hall–Kier alpha value is -2.70. The highest BCUT2D eigenvalue weighted by Crippen LogP contribution is 2.37. The minimum Gasteiger partial charge on any atom is -0.352 e. The summed E-state index contributed by atoms with van der Waals surface area (Å²) in [5.74, 6) is 1.02. The second-order valence-electron chi connectivity index (χ2n) is 7.21. The van der Waals surface area contributed by atoms with Crippen LogP contribution in [-0.2, 0) is 0 Å². The van der Waals surface area contributed by atoms with Crippen LogP contribution >= 0.6 is 0 Å². The molecular weight excluding hydrogens is 345 g/mol. The molecule has 0 radical (unpaired) electrons. The third-order valence-electron chi connectivity index (χ3n) is 5.57. The number of aromatic nitrogens is 2. The lowest BCUT2D eigenvalue weighted by Crippen LogP contribution is -2.53. The quantitative estimate of drug-likeness (QED) is 0.900. The largest absolute Gasteiger partial charge is 0.352 e. The topological polar surface area (TPSA) is 61.4 Å². The fourth-order valence-corrected chi connectivity index (χ4v) is 3.73. The van der Waals surface area contributed by atoms with E-state index in [2.05, 4.69) is 20.2 Å². The van der Waals surface area contributed by atoms with Crippen molar-refractivity contribution in [2.45, 2.75) is 25.3 Å². The molecule has 4 rings (SSSR count). The first-order chi connectivity index (χ1) is 13.2. The summed E-state index contributed by atoms with van der Waals surface area (Å²) in [7, 11) is 0. The molecule has 1 unspecified atom stereocenters. The lowest BCUT2D eigenvalue weighted by atomic mass is 9.77. The highest BCUT2D eigenvalue weighted by Gasteiger charge is 2.31. The van der Waals surface area contributed by atoms with Crippen LogP contribution in [0, 0.1) is 11.7 Å². The van der Waals surface area contributed by atoms with E-state index in [1.54, 1.807) is 30.7 Å². The number of rotatable bonds is 4. The molecule has 1 aliphatic carbocycles. The van der Waals surface area contributed by atoms with E-state index in [4.69, 9.17) is 0 Å². The van der Waals surface area contributed by atoms with Gasteiger partial charge in [-0.2, -0.15) is 0 Å². The van der Waals surface area contributed by atoms with E-state index in [-0.39, 0.29) is 17.9 Å². The molecule has 1 saturated heterocycles. The zero-order chi connectivity index (χ0) is 18.6. The van der Waals surface area contributed by atoms with Crippen LogP contribution in [0.4, 0.5) is 15.0 Å². The van der Waals surface area contributed by atoms with Crippen molar-refractivity contribution in [3.8, 4) is 0 Å². The Kier molecular flexibility index (Phi) is 5.18. The monoisotopic (exact) mass is 369 g/mol. The summed E-state index contributed by atoms with van der Waals surface area (Å²) < 4.78 is 13.3. The van der Waals surface area contributed by atoms with Crippen LogP contribution in [-0.4, -0.2) is 47.1 Å². The van der Waals surface area contributed by atoms with Gasteiger partial charge in [0.1, 0.15) is 11.6 Å². The van der Waals surface area contributed by atoms with Crippen molar-refractivity contribution in [2.24, 2.45) is 5.92 Å². The van der Waals surface area contributed by atoms with Crippen molar-refractivity contribution < 1.29 is 9.18 Å². The Morgan fingerprint density at radius 3 is 2.44 bits per heavy atom. The van der Waals surface area contributed by atoms with Gasteiger partial charge < -0.3 is 15.1 Å². The number of urea groups is 1. The molecule has 142 valence electrons. The first-order valence-corrected chi connectivity index (χ1v) is 9.52. The fourth-order valence-electron chi connectivity index (χ4n) is 3.73. The Balaban J connectivity index is 1.38. The Morgan fingerprint density at radius 1 is 1.11 bits per heavy atom. The second-order valence-corrected chi connectivity index (χ2v) is 7.21. The molecule has 7 heteroatoms. The van der Waals surface area contributed by atoms with Crippen LogP contribution in [0.25, 0.3) is 0 Å². The molecule has 27 heavy (non-hydrogen) atoms. The molecule has 2 aliphatic rings. The van der Waals surface area contributed by atoms with Gasteiger partial charge in [0.25, 0.3) is 0 Å². The highest BCUT2D eigenvalue weighted by molar-refractivity contribution is 5.75. The number of nitrogens with zero attached hydrogens (tertiary/aromatic N) is 4. The smallest absolute Gasteiger partial charge is 0.318 e. The van der Waals surface area contributed by atoms with E-state index < -0.39 is 0 Å². The summed E-state index contributed by atoms with van der Waals surface area (Å²) in [6, 6.07) is 6.40. The number of piperazine rings is 1. The predicted molar refractivity (Wildman–Crippen MR) is 101 cm³/mol. The third-order valence-corrected chi connectivity index (χ3v) is 5.57. The molecular formula is C20H24FN5O. The SMILES string of the molecule is O=C(NC(c1ccc(F)cc1)C1CCC1)N1CCN(c2cnccn2)CC1. The van der Waals surface area contributed by atoms with Gasteiger partial charge >= 0.3 is 6.03 Å². The van der Waals surface area contributed by atoms with Crippen molar-refractivity contribution in [3.63, 3.8) is 0 Å². The van der Waals surface area contributed by atoms with Gasteiger partial charge in [0.05, 0.1) is 12.2 Å². The van der Waals surface area contributed by atoms with E-state index in [1.807, 2.05) is 4.90 Å². The van der Waals surface area contributed by atoms with Crippen molar-refractivity contribution in [1.29, 1.82) is 0 Å². The molecule has 1 atom stereocenters. The molecule has 1 N–H and O–H groups in total. The van der Waals surface area contributed by atoms with E-state index in [9.17, 15) is 9.18 Å². The van der Waals surface area contributed by atoms with Crippen LogP contribution < -0.4 is 10.2 Å². The zero-order valence-corrected chi connectivity index (χ0v) is 15.2. The first-order valence-electron chi connectivity index (χ1n) is 9.52. The number of carbonyl (C=O) groups is 1. The van der Waals surface area contributed by atoms with Crippen molar-refractivity contribution >= 4 is 11.8 Å². The number of hydrogen-bond donors (Lipinski definition) is 1. The van der Waals surface area contributed by atoms with Crippen LogP contribution in [0.15, 0.2) is 42.9 Å². The summed E-state index contributed by atoms with van der Waals surface area (Å²) in [6.45, 7) is 2.75. The number of benzene rings is 1. The van der Waals surface area contributed by atoms with E-state index >= 15 is 0 Å². The average molecular weight is 369 g/mol. The number of carbonyl (C=O) groups excluding carboxylic acids is 1. The van der Waals surface area contributed by atoms with E-state index in [1.165, 1.54) is 18.6 Å². The second kappa shape index (κ2) is 7.90. The van der Waals surface area contributed by atoms with Crippen molar-refractivity contribution in [2.75, 3.05) is 31.1 Å². The maximum atomic E-state index is 13.3. The molecule has 2 aromatic rings. The van der Waals surface area contributed by atoms with Crippen LogP contribution in [0.1, 0.15) is 30.9 Å². The molecule has 2 heterocycles. The van der Waals surface area contributed by atoms with Crippen molar-refractivity contribution in [3.05, 3.63) is 54.2 Å². The number of hydrogen-bond acceptors (Lipinski definition) is 4. The van der Waals surface area contributed by atoms with Gasteiger partial charge in [0.2, 0.25) is 0 Å². The molecule has 2 fully saturated rings. The molecule has 0 bridgehead atoms. The first kappa shape index (κ1) is 17.7. The van der Waals surface area contributed by atoms with Gasteiger partial charge in [-0.25, -0.2) is 14.2 Å². The summed E-state index contributed by atoms with van der Waals surface area (Å²) in [5, 5.41) is 3.20. The molecule has 1 aromatic carbocycles. The summed E-state index contributed by atoms with van der Waals surface area (Å²) in [5.41, 5.74) is 0.979. The predicted octanol–water partition coefficient (Wildman–Crippen LogP) is 2.99. The Labute approximate surface area is 158 Å². The average Bonchev–Trinajstić information content (AvgIpc) is 2.67. The van der Waals surface area contributed by atoms with Gasteiger partial charge in [-0.1, -0.05) is 18.6 Å². The number of amides is 2. The lowest BCUT2D eigenvalue weighted by Gasteiger charge is -2.39. The number of anilines is 1. The highest BCUT2D eigenvalue weighted by atomic mass is 19.1.